The molecule has 3 rings (SSSR count). The summed E-state index contributed by atoms with van der Waals surface area (Å²) in [6, 6.07) is 10.6. The van der Waals surface area contributed by atoms with E-state index < -0.39 is 5.91 Å². The van der Waals surface area contributed by atoms with Crippen LogP contribution in [-0.4, -0.2) is 86.2 Å². The lowest BCUT2D eigenvalue weighted by Crippen LogP contribution is -2.45. The number of carbonyl (C=O) groups is 3. The number of carbonyl (C=O) groups excluding carboxylic acids is 3. The highest BCUT2D eigenvalue weighted by molar-refractivity contribution is 6.12. The molecule has 2 unspecified atom stereocenters. The maximum absolute atomic E-state index is 13.4. The van der Waals surface area contributed by atoms with E-state index in [0.29, 0.717) is 29.3 Å². The molecule has 0 aliphatic carbocycles. The number of pyridine rings is 1. The van der Waals surface area contributed by atoms with Crippen LogP contribution in [0.1, 0.15) is 50.5 Å². The number of nitrogens with one attached hydrogen (secondary N) is 2. The fourth-order valence-corrected chi connectivity index (χ4v) is 4.68. The Hall–Kier alpha value is -4.25. The lowest BCUT2D eigenvalue weighted by Gasteiger charge is -2.29. The maximum Gasteiger partial charge on any atom is 0.321 e. The number of aliphatic imine (C=N–C) groups is 1. The molecule has 0 radical (unpaired) electrons. The van der Waals surface area contributed by atoms with Crippen LogP contribution in [0.5, 0.6) is 0 Å². The number of amides is 4. The topological polar surface area (TPSA) is 133 Å². The third-order valence-electron chi connectivity index (χ3n) is 6.71. The highest BCUT2D eigenvalue weighted by Crippen LogP contribution is 2.37. The van der Waals surface area contributed by atoms with Crippen LogP contribution in [0.15, 0.2) is 59.0 Å². The molecule has 11 heteroatoms. The Bertz CT molecular complexity index is 1310. The molecule has 1 saturated heterocycles. The highest BCUT2D eigenvalue weighted by atomic mass is 16.2. The zero-order chi connectivity index (χ0) is 31.8. The van der Waals surface area contributed by atoms with Crippen LogP contribution in [0.25, 0.3) is 0 Å². The number of rotatable bonds is 7. The van der Waals surface area contributed by atoms with Crippen molar-refractivity contribution in [2.75, 3.05) is 47.1 Å². The molecule has 11 nitrogen and oxygen atoms in total. The van der Waals surface area contributed by atoms with Crippen molar-refractivity contribution in [3.05, 3.63) is 65.1 Å². The summed E-state index contributed by atoms with van der Waals surface area (Å²) in [6.45, 7) is 10.9. The second-order valence-electron chi connectivity index (χ2n) is 11.0. The molecular formula is C31H47N8O3+. The third kappa shape index (κ3) is 7.94. The highest BCUT2D eigenvalue weighted by Gasteiger charge is 2.49. The molecule has 1 aromatic heterocycles. The molecular weight excluding hydrogens is 532 g/mol. The average Bonchev–Trinajstić information content (AvgIpc) is 3.21. The average molecular weight is 580 g/mol. The number of urea groups is 1. The SMILES string of the molecule is CC.CC(C)N=C1/C(=C(\N)C(=O)NCc2ccc(NC(=O)N(C)C)cc2)[N+](C)(c2ccc(C(=O)N(C)C)cn2)CC1C. The summed E-state index contributed by atoms with van der Waals surface area (Å²) >= 11 is 0. The van der Waals surface area contributed by atoms with E-state index in [1.165, 1.54) is 9.80 Å². The number of hydrogen-bond donors (Lipinski definition) is 3. The van der Waals surface area contributed by atoms with Gasteiger partial charge in [-0.1, -0.05) is 32.9 Å². The first-order valence-corrected chi connectivity index (χ1v) is 14.2. The molecule has 42 heavy (non-hydrogen) atoms. The second kappa shape index (κ2) is 14.6. The molecule has 2 aromatic rings. The summed E-state index contributed by atoms with van der Waals surface area (Å²) in [6.07, 6.45) is 1.56. The number of hydrogen-bond acceptors (Lipinski definition) is 6. The lowest BCUT2D eigenvalue weighted by atomic mass is 10.1. The van der Waals surface area contributed by atoms with E-state index in [9.17, 15) is 14.4 Å². The van der Waals surface area contributed by atoms with Gasteiger partial charge in [-0.15, -0.1) is 0 Å². The van der Waals surface area contributed by atoms with Gasteiger partial charge in [0.05, 0.1) is 25.1 Å². The number of quaternary nitrogens is 1. The monoisotopic (exact) mass is 579 g/mol. The number of anilines is 1. The predicted octanol–water partition coefficient (Wildman–Crippen LogP) is 3.83. The number of aromatic nitrogens is 1. The minimum absolute atomic E-state index is 0.00871. The molecule has 1 aliphatic rings. The molecule has 1 aliphatic heterocycles. The van der Waals surface area contributed by atoms with E-state index in [0.717, 1.165) is 11.3 Å². The van der Waals surface area contributed by atoms with Crippen LogP contribution in [0.3, 0.4) is 0 Å². The van der Waals surface area contributed by atoms with Crippen molar-refractivity contribution in [1.82, 2.24) is 24.6 Å². The quantitative estimate of drug-likeness (QED) is 0.339. The van der Waals surface area contributed by atoms with Crippen molar-refractivity contribution in [1.29, 1.82) is 0 Å². The van der Waals surface area contributed by atoms with Crippen LogP contribution in [0.4, 0.5) is 16.3 Å². The Balaban J connectivity index is 0.00000301. The zero-order valence-corrected chi connectivity index (χ0v) is 26.6. The zero-order valence-electron chi connectivity index (χ0n) is 26.6. The lowest BCUT2D eigenvalue weighted by molar-refractivity contribution is -0.117. The molecule has 1 aromatic carbocycles. The van der Waals surface area contributed by atoms with Gasteiger partial charge in [0.2, 0.25) is 5.82 Å². The van der Waals surface area contributed by atoms with Gasteiger partial charge >= 0.3 is 6.03 Å². The van der Waals surface area contributed by atoms with Gasteiger partial charge in [0.25, 0.3) is 11.8 Å². The van der Waals surface area contributed by atoms with Crippen molar-refractivity contribution in [2.24, 2.45) is 16.6 Å². The van der Waals surface area contributed by atoms with Crippen molar-refractivity contribution < 1.29 is 14.4 Å². The summed E-state index contributed by atoms with van der Waals surface area (Å²) in [7, 11) is 8.69. The fraction of sp³-hybridized carbons (Fsp3) is 0.452. The van der Waals surface area contributed by atoms with Crippen molar-refractivity contribution in [3.63, 3.8) is 0 Å². The minimum atomic E-state index is -0.408. The molecule has 4 N–H and O–H groups in total. The minimum Gasteiger partial charge on any atom is -0.389 e. The molecule has 228 valence electrons. The number of nitrogens with zero attached hydrogens (tertiary/aromatic N) is 5. The molecule has 1 fully saturated rings. The first-order chi connectivity index (χ1) is 19.7. The van der Waals surface area contributed by atoms with Crippen molar-refractivity contribution in [3.8, 4) is 0 Å². The molecule has 2 atom stereocenters. The van der Waals surface area contributed by atoms with Gasteiger partial charge in [-0.3, -0.25) is 14.6 Å². The van der Waals surface area contributed by atoms with Gasteiger partial charge in [0.1, 0.15) is 5.71 Å². The van der Waals surface area contributed by atoms with Gasteiger partial charge in [-0.05, 0) is 37.6 Å². The number of likely N-dealkylation sites (tertiary alicyclic amines) is 1. The standard InChI is InChI=1S/C29H40N8O3.C2H6/c1-18(2)33-25-19(3)17-37(8,23-14-11-21(16-31-23)28(39)35(4)5)26(25)24(30)27(38)32-15-20-9-12-22(13-10-20)34-29(40)36(6)7;1-2/h9-14,16,18-19H,15,17H2,1-8H3,(H3-,30,32,33,34,38,40);1-2H3/p+1. The van der Waals surface area contributed by atoms with Gasteiger partial charge < -0.3 is 26.2 Å². The smallest absolute Gasteiger partial charge is 0.321 e. The van der Waals surface area contributed by atoms with Crippen LogP contribution >= 0.6 is 0 Å². The third-order valence-corrected chi connectivity index (χ3v) is 6.71. The van der Waals surface area contributed by atoms with E-state index in [1.807, 2.05) is 52.9 Å². The first kappa shape index (κ1) is 34.0. The summed E-state index contributed by atoms with van der Waals surface area (Å²) in [4.78, 5) is 50.0. The van der Waals surface area contributed by atoms with Crippen LogP contribution in [-0.2, 0) is 11.3 Å². The Morgan fingerprint density at radius 1 is 1.05 bits per heavy atom. The Morgan fingerprint density at radius 2 is 1.67 bits per heavy atom. The number of allylic oxidation sites excluding steroid dienone is 1. The van der Waals surface area contributed by atoms with Gasteiger partial charge in [0, 0.05) is 58.7 Å². The second-order valence-corrected chi connectivity index (χ2v) is 11.0. The van der Waals surface area contributed by atoms with Gasteiger partial charge in [0.15, 0.2) is 11.4 Å². The van der Waals surface area contributed by atoms with Gasteiger partial charge in [-0.25, -0.2) is 14.3 Å². The molecule has 0 saturated carbocycles. The fourth-order valence-electron chi connectivity index (χ4n) is 4.68. The molecule has 0 bridgehead atoms. The van der Waals surface area contributed by atoms with E-state index in [2.05, 4.69) is 22.5 Å². The molecule has 0 spiro atoms. The Morgan fingerprint density at radius 3 is 2.17 bits per heavy atom. The van der Waals surface area contributed by atoms with E-state index in [-0.39, 0.29) is 40.6 Å². The van der Waals surface area contributed by atoms with E-state index in [1.54, 1.807) is 52.6 Å². The van der Waals surface area contributed by atoms with Gasteiger partial charge in [-0.2, -0.15) is 0 Å². The van der Waals surface area contributed by atoms with Crippen LogP contribution < -0.4 is 20.9 Å². The maximum atomic E-state index is 13.4. The number of benzene rings is 1. The molecule has 4 amide bonds. The van der Waals surface area contributed by atoms with E-state index >= 15 is 0 Å². The largest absolute Gasteiger partial charge is 0.389 e. The molecule has 2 heterocycles. The van der Waals surface area contributed by atoms with Crippen molar-refractivity contribution >= 4 is 35.1 Å². The summed E-state index contributed by atoms with van der Waals surface area (Å²) in [5.74, 6) is 0.149. The van der Waals surface area contributed by atoms with Crippen LogP contribution in [0, 0.1) is 5.92 Å². The summed E-state index contributed by atoms with van der Waals surface area (Å²) in [5, 5.41) is 5.70. The van der Waals surface area contributed by atoms with E-state index in [4.69, 9.17) is 10.7 Å². The normalized spacial score (nSPS) is 20.0. The van der Waals surface area contributed by atoms with Crippen LogP contribution in [0.2, 0.25) is 0 Å². The Kier molecular flexibility index (Phi) is 11.8. The first-order valence-electron chi connectivity index (χ1n) is 14.2. The summed E-state index contributed by atoms with van der Waals surface area (Å²) < 4.78 is 0.183. The summed E-state index contributed by atoms with van der Waals surface area (Å²) in [5.41, 5.74) is 10.0. The number of nitrogens with two attached hydrogens (primary N) is 1. The predicted molar refractivity (Wildman–Crippen MR) is 170 cm³/mol. The van der Waals surface area contributed by atoms with Crippen molar-refractivity contribution in [2.45, 2.75) is 47.2 Å². The Labute approximate surface area is 250 Å².